The average molecular weight is 402 g/mol. The first-order chi connectivity index (χ1) is 13.3. The van der Waals surface area contributed by atoms with Crippen LogP contribution in [0.2, 0.25) is 0 Å². The van der Waals surface area contributed by atoms with Gasteiger partial charge in [0.2, 0.25) is 10.0 Å². The first-order valence-corrected chi connectivity index (χ1v) is 10.2. The van der Waals surface area contributed by atoms with E-state index in [2.05, 4.69) is 26.2 Å². The van der Waals surface area contributed by atoms with Gasteiger partial charge in [0.25, 0.3) is 5.91 Å². The fourth-order valence-corrected chi connectivity index (χ4v) is 3.12. The number of nitrogens with one attached hydrogen (secondary N) is 4. The second-order valence-corrected chi connectivity index (χ2v) is 8.76. The van der Waals surface area contributed by atoms with Gasteiger partial charge in [0, 0.05) is 29.5 Å². The van der Waals surface area contributed by atoms with E-state index in [1.165, 1.54) is 0 Å². The number of anilines is 2. The Morgan fingerprint density at radius 2 is 1.64 bits per heavy atom. The van der Waals surface area contributed by atoms with Crippen molar-refractivity contribution in [2.24, 2.45) is 5.10 Å². The second-order valence-electron chi connectivity index (χ2n) is 6.52. The van der Waals surface area contributed by atoms with Gasteiger partial charge in [-0.15, -0.1) is 10.6 Å². The normalized spacial score (nSPS) is 13.9. The molecule has 0 saturated carbocycles. The van der Waals surface area contributed by atoms with Gasteiger partial charge >= 0.3 is 0 Å². The molecule has 0 spiro atoms. The first-order valence-electron chi connectivity index (χ1n) is 8.62. The predicted molar refractivity (Wildman–Crippen MR) is 109 cm³/mol. The molecule has 0 atom stereocenters. The molecule has 0 aliphatic carbocycles. The molecule has 0 unspecified atom stereocenters. The Morgan fingerprint density at radius 3 is 2.18 bits per heavy atom. The summed E-state index contributed by atoms with van der Waals surface area (Å²) in [6.07, 6.45) is 0. The molecule has 0 radical (unpaired) electrons. The van der Waals surface area contributed by atoms with E-state index in [0.29, 0.717) is 16.9 Å². The molecule has 0 fully saturated rings. The largest absolute Gasteiger partial charge is 0.322 e. The lowest BCUT2D eigenvalue weighted by Gasteiger charge is -2.13. The Balaban J connectivity index is 1.65. The molecule has 4 N–H and O–H groups in total. The lowest BCUT2D eigenvalue weighted by molar-refractivity contribution is 0.102. The van der Waals surface area contributed by atoms with Gasteiger partial charge in [-0.2, -0.15) is 0 Å². The van der Waals surface area contributed by atoms with Crippen molar-refractivity contribution >= 4 is 33.1 Å². The van der Waals surface area contributed by atoms with Gasteiger partial charge in [-0.25, -0.2) is 14.0 Å². The van der Waals surface area contributed by atoms with Gasteiger partial charge in [0.15, 0.2) is 5.84 Å². The van der Waals surface area contributed by atoms with Crippen LogP contribution in [-0.4, -0.2) is 37.5 Å². The molecule has 1 heterocycles. The minimum atomic E-state index is -3.42. The molecule has 0 aromatic heterocycles. The maximum atomic E-state index is 12.4. The van der Waals surface area contributed by atoms with Crippen LogP contribution in [0.1, 0.15) is 29.8 Å². The van der Waals surface area contributed by atoms with Crippen LogP contribution in [0.25, 0.3) is 0 Å². The molecule has 0 saturated heterocycles. The number of hydrogen-bond donors (Lipinski definition) is 4. The molecule has 9 nitrogen and oxygen atoms in total. The van der Waals surface area contributed by atoms with Crippen LogP contribution < -0.4 is 21.1 Å². The van der Waals surface area contributed by atoms with Crippen molar-refractivity contribution in [1.29, 1.82) is 0 Å². The van der Waals surface area contributed by atoms with E-state index in [4.69, 9.17) is 0 Å². The highest BCUT2D eigenvalue weighted by atomic mass is 32.2. The van der Waals surface area contributed by atoms with Crippen molar-refractivity contribution in [2.45, 2.75) is 19.1 Å². The first kappa shape index (κ1) is 19.6. The summed E-state index contributed by atoms with van der Waals surface area (Å²) < 4.78 is 26.3. The van der Waals surface area contributed by atoms with E-state index in [0.717, 1.165) is 11.4 Å². The quantitative estimate of drug-likeness (QED) is 0.585. The highest BCUT2D eigenvalue weighted by Gasteiger charge is 2.16. The Bertz CT molecular complexity index is 985. The molecule has 1 aliphatic heterocycles. The van der Waals surface area contributed by atoms with Crippen LogP contribution in [0, 0.1) is 0 Å². The predicted octanol–water partition coefficient (Wildman–Crippen LogP) is 1.71. The second kappa shape index (κ2) is 7.87. The molecule has 1 aliphatic rings. The molecular formula is C18H22N6O3S. The van der Waals surface area contributed by atoms with Crippen LogP contribution in [0.5, 0.6) is 0 Å². The molecule has 2 aromatic rings. The minimum Gasteiger partial charge on any atom is -0.322 e. The number of hydrazone groups is 1. The third-order valence-electron chi connectivity index (χ3n) is 4.13. The number of benzene rings is 2. The summed E-state index contributed by atoms with van der Waals surface area (Å²) in [5.74, 6) is 0.446. The lowest BCUT2D eigenvalue weighted by Crippen LogP contribution is -2.37. The number of carbonyl (C=O) groups is 1. The zero-order valence-electron chi connectivity index (χ0n) is 15.7. The summed E-state index contributed by atoms with van der Waals surface area (Å²) in [5.41, 5.74) is 7.86. The minimum absolute atomic E-state index is 0.287. The Hall–Kier alpha value is -3.11. The van der Waals surface area contributed by atoms with E-state index in [1.807, 2.05) is 19.2 Å². The van der Waals surface area contributed by atoms with Gasteiger partial charge in [-0.05, 0) is 62.4 Å². The van der Waals surface area contributed by atoms with Crippen molar-refractivity contribution in [2.75, 3.05) is 17.1 Å². The number of hydrazine groups is 2. The van der Waals surface area contributed by atoms with E-state index in [-0.39, 0.29) is 5.91 Å². The third kappa shape index (κ3) is 4.41. The summed E-state index contributed by atoms with van der Waals surface area (Å²) in [6.45, 7) is 3.19. The number of hydrogen-bond acceptors (Lipinski definition) is 7. The maximum absolute atomic E-state index is 12.4. The summed E-state index contributed by atoms with van der Waals surface area (Å²) in [4.78, 5) is 12.4. The van der Waals surface area contributed by atoms with Crippen molar-refractivity contribution in [3.63, 3.8) is 0 Å². The van der Waals surface area contributed by atoms with Crippen molar-refractivity contribution in [3.05, 3.63) is 59.7 Å². The van der Waals surface area contributed by atoms with Crippen LogP contribution in [-0.2, 0) is 10.0 Å². The fraction of sp³-hybridized carbons (Fsp3) is 0.222. The average Bonchev–Trinajstić information content (AvgIpc) is 3.08. The van der Waals surface area contributed by atoms with Crippen LogP contribution in [0.15, 0.2) is 53.6 Å². The topological polar surface area (TPSA) is 115 Å². The SMILES string of the molecule is CC(C)S(=O)(=O)Nc1ccc(C(=O)Nc2ccc(C3=NNNN3C)cc2)cc1. The highest BCUT2D eigenvalue weighted by molar-refractivity contribution is 7.93. The molecule has 28 heavy (non-hydrogen) atoms. The Kier molecular flexibility index (Phi) is 5.52. The standard InChI is InChI=1S/C18H22N6O3S/c1-12(2)28(26,27)21-16-10-6-14(7-11-16)18(25)19-15-8-4-13(5-9-15)17-20-22-23-24(17)3/h4-12,21-23H,1-3H3,(H,19,25). The van der Waals surface area contributed by atoms with Gasteiger partial charge < -0.3 is 5.32 Å². The van der Waals surface area contributed by atoms with Gasteiger partial charge in [0.1, 0.15) is 0 Å². The molecule has 0 bridgehead atoms. The molecule has 148 valence electrons. The molecule has 3 rings (SSSR count). The number of nitrogens with zero attached hydrogens (tertiary/aromatic N) is 2. The summed E-state index contributed by atoms with van der Waals surface area (Å²) in [7, 11) is -1.59. The van der Waals surface area contributed by atoms with E-state index < -0.39 is 15.3 Å². The summed E-state index contributed by atoms with van der Waals surface area (Å²) in [6, 6.07) is 13.5. The number of sulfonamides is 1. The summed E-state index contributed by atoms with van der Waals surface area (Å²) >= 11 is 0. The fourth-order valence-electron chi connectivity index (χ4n) is 2.42. The molecule has 10 heteroatoms. The highest BCUT2D eigenvalue weighted by Crippen LogP contribution is 2.16. The number of amidine groups is 1. The molecule has 2 aromatic carbocycles. The van der Waals surface area contributed by atoms with Gasteiger partial charge in [-0.3, -0.25) is 14.5 Å². The van der Waals surface area contributed by atoms with E-state index in [9.17, 15) is 13.2 Å². The smallest absolute Gasteiger partial charge is 0.255 e. The number of rotatable bonds is 6. The zero-order chi connectivity index (χ0) is 20.3. The van der Waals surface area contributed by atoms with Gasteiger partial charge in [0.05, 0.1) is 5.25 Å². The van der Waals surface area contributed by atoms with E-state index >= 15 is 0 Å². The summed E-state index contributed by atoms with van der Waals surface area (Å²) in [5, 5.41) is 8.12. The van der Waals surface area contributed by atoms with Gasteiger partial charge in [-0.1, -0.05) is 0 Å². The van der Waals surface area contributed by atoms with Crippen molar-refractivity contribution in [3.8, 4) is 0 Å². The van der Waals surface area contributed by atoms with Crippen LogP contribution >= 0.6 is 0 Å². The number of amides is 1. The van der Waals surface area contributed by atoms with E-state index in [1.54, 1.807) is 55.3 Å². The zero-order valence-corrected chi connectivity index (χ0v) is 16.5. The number of carbonyl (C=O) groups excluding carboxylic acids is 1. The molecular weight excluding hydrogens is 380 g/mol. The maximum Gasteiger partial charge on any atom is 0.255 e. The van der Waals surface area contributed by atoms with Crippen molar-refractivity contribution in [1.82, 2.24) is 16.1 Å². The monoisotopic (exact) mass is 402 g/mol. The third-order valence-corrected chi connectivity index (χ3v) is 5.89. The lowest BCUT2D eigenvalue weighted by atomic mass is 10.1. The molecule has 1 amide bonds. The van der Waals surface area contributed by atoms with Crippen LogP contribution in [0.3, 0.4) is 0 Å². The Morgan fingerprint density at radius 1 is 1.04 bits per heavy atom. The van der Waals surface area contributed by atoms with Crippen molar-refractivity contribution < 1.29 is 13.2 Å². The Labute approximate surface area is 163 Å². The van der Waals surface area contributed by atoms with Crippen LogP contribution in [0.4, 0.5) is 11.4 Å².